The van der Waals surface area contributed by atoms with Gasteiger partial charge in [0.15, 0.2) is 0 Å². The third kappa shape index (κ3) is 5.10. The zero-order valence-electron chi connectivity index (χ0n) is 17.6. The quantitative estimate of drug-likeness (QED) is 0.674. The first kappa shape index (κ1) is 21.4. The van der Waals surface area contributed by atoms with Crippen LogP contribution in [0.5, 0.6) is 0 Å². The minimum Gasteiger partial charge on any atom is -0.469 e. The Kier molecular flexibility index (Phi) is 6.60. The monoisotopic (exact) mass is 430 g/mol. The highest BCUT2D eigenvalue weighted by Gasteiger charge is 2.33. The van der Waals surface area contributed by atoms with E-state index in [1.807, 2.05) is 4.90 Å². The second-order valence-corrected chi connectivity index (χ2v) is 8.19. The van der Waals surface area contributed by atoms with Crippen LogP contribution >= 0.6 is 0 Å². The van der Waals surface area contributed by atoms with Crippen molar-refractivity contribution in [3.63, 3.8) is 0 Å². The van der Waals surface area contributed by atoms with Gasteiger partial charge in [-0.3, -0.25) is 14.5 Å². The SMILES string of the molecule is COC(=O)C1CCN(C(=O)C2CCN(Cc3nc(-c4ccc(F)cc4)no3)CC2)CC1. The molecule has 2 aliphatic heterocycles. The van der Waals surface area contributed by atoms with Crippen molar-refractivity contribution in [3.8, 4) is 11.4 Å². The molecule has 0 atom stereocenters. The van der Waals surface area contributed by atoms with Crippen molar-refractivity contribution in [1.82, 2.24) is 19.9 Å². The van der Waals surface area contributed by atoms with E-state index in [9.17, 15) is 14.0 Å². The molecule has 2 saturated heterocycles. The number of likely N-dealkylation sites (tertiary alicyclic amines) is 2. The van der Waals surface area contributed by atoms with Gasteiger partial charge in [-0.05, 0) is 63.0 Å². The lowest BCUT2D eigenvalue weighted by molar-refractivity contribution is -0.150. The van der Waals surface area contributed by atoms with Crippen LogP contribution in [0.3, 0.4) is 0 Å². The Morgan fingerprint density at radius 3 is 2.35 bits per heavy atom. The standard InChI is InChI=1S/C22H27FN4O4/c1-30-22(29)17-8-12-27(13-9-17)21(28)16-6-10-26(11-7-16)14-19-24-20(25-31-19)15-2-4-18(23)5-3-15/h2-5,16-17H,6-14H2,1H3. The van der Waals surface area contributed by atoms with Crippen molar-refractivity contribution in [3.05, 3.63) is 36.0 Å². The molecule has 0 saturated carbocycles. The molecule has 0 radical (unpaired) electrons. The molecule has 0 spiro atoms. The third-order valence-corrected chi connectivity index (χ3v) is 6.21. The van der Waals surface area contributed by atoms with Crippen molar-refractivity contribution in [1.29, 1.82) is 0 Å². The normalized spacial score (nSPS) is 18.8. The highest BCUT2D eigenvalue weighted by Crippen LogP contribution is 2.25. The molecule has 9 heteroatoms. The van der Waals surface area contributed by atoms with Crippen LogP contribution < -0.4 is 0 Å². The molecule has 2 fully saturated rings. The number of hydrogen-bond acceptors (Lipinski definition) is 7. The molecule has 2 aliphatic rings. The van der Waals surface area contributed by atoms with E-state index in [1.165, 1.54) is 19.2 Å². The van der Waals surface area contributed by atoms with Crippen LogP contribution in [0.25, 0.3) is 11.4 Å². The molecule has 4 rings (SSSR count). The summed E-state index contributed by atoms with van der Waals surface area (Å²) >= 11 is 0. The van der Waals surface area contributed by atoms with E-state index in [4.69, 9.17) is 9.26 Å². The Balaban J connectivity index is 1.24. The summed E-state index contributed by atoms with van der Waals surface area (Å²) in [5.41, 5.74) is 0.705. The van der Waals surface area contributed by atoms with Crippen LogP contribution in [0.15, 0.2) is 28.8 Å². The molecule has 0 bridgehead atoms. The largest absolute Gasteiger partial charge is 0.469 e. The molecule has 31 heavy (non-hydrogen) atoms. The van der Waals surface area contributed by atoms with Crippen LogP contribution in [0.4, 0.5) is 4.39 Å². The molecule has 1 aromatic carbocycles. The zero-order valence-corrected chi connectivity index (χ0v) is 17.6. The number of ether oxygens (including phenoxy) is 1. The summed E-state index contributed by atoms with van der Waals surface area (Å²) in [6, 6.07) is 5.97. The number of rotatable bonds is 5. The van der Waals surface area contributed by atoms with Crippen molar-refractivity contribution >= 4 is 11.9 Å². The summed E-state index contributed by atoms with van der Waals surface area (Å²) < 4.78 is 23.2. The van der Waals surface area contributed by atoms with E-state index in [2.05, 4.69) is 15.0 Å². The van der Waals surface area contributed by atoms with Gasteiger partial charge in [0.05, 0.1) is 19.6 Å². The van der Waals surface area contributed by atoms with Gasteiger partial charge in [-0.25, -0.2) is 4.39 Å². The fourth-order valence-corrected chi connectivity index (χ4v) is 4.33. The molecule has 3 heterocycles. The fourth-order valence-electron chi connectivity index (χ4n) is 4.33. The Hall–Kier alpha value is -2.81. The number of piperidine rings is 2. The molecule has 1 aromatic heterocycles. The average molecular weight is 430 g/mol. The molecular weight excluding hydrogens is 403 g/mol. The first-order valence-corrected chi connectivity index (χ1v) is 10.7. The van der Waals surface area contributed by atoms with Crippen molar-refractivity contribution in [2.45, 2.75) is 32.2 Å². The third-order valence-electron chi connectivity index (χ3n) is 6.21. The second-order valence-electron chi connectivity index (χ2n) is 8.19. The van der Waals surface area contributed by atoms with E-state index in [-0.39, 0.29) is 29.5 Å². The molecule has 0 aliphatic carbocycles. The summed E-state index contributed by atoms with van der Waals surface area (Å²) in [7, 11) is 1.41. The van der Waals surface area contributed by atoms with E-state index in [0.29, 0.717) is 49.8 Å². The molecule has 0 unspecified atom stereocenters. The first-order valence-electron chi connectivity index (χ1n) is 10.7. The maximum atomic E-state index is 13.1. The van der Waals surface area contributed by atoms with Gasteiger partial charge in [-0.15, -0.1) is 0 Å². The van der Waals surface area contributed by atoms with E-state index in [1.54, 1.807) is 12.1 Å². The van der Waals surface area contributed by atoms with Gasteiger partial charge in [-0.1, -0.05) is 5.16 Å². The number of aromatic nitrogens is 2. The lowest BCUT2D eigenvalue weighted by Crippen LogP contribution is -2.46. The predicted octanol–water partition coefficient (Wildman–Crippen LogP) is 2.50. The number of nitrogens with zero attached hydrogens (tertiary/aromatic N) is 4. The first-order chi connectivity index (χ1) is 15.0. The predicted molar refractivity (Wildman–Crippen MR) is 109 cm³/mol. The smallest absolute Gasteiger partial charge is 0.308 e. The number of hydrogen-bond donors (Lipinski definition) is 0. The molecule has 166 valence electrons. The van der Waals surface area contributed by atoms with Crippen LogP contribution in [0.1, 0.15) is 31.6 Å². The van der Waals surface area contributed by atoms with Crippen molar-refractivity contribution in [2.75, 3.05) is 33.3 Å². The summed E-state index contributed by atoms with van der Waals surface area (Å²) in [6.45, 7) is 3.33. The Morgan fingerprint density at radius 2 is 1.71 bits per heavy atom. The Bertz CT molecular complexity index is 900. The summed E-state index contributed by atoms with van der Waals surface area (Å²) in [4.78, 5) is 33.0. The maximum absolute atomic E-state index is 13.1. The number of carbonyl (C=O) groups is 2. The van der Waals surface area contributed by atoms with Gasteiger partial charge in [0.25, 0.3) is 0 Å². The number of benzene rings is 1. The minimum atomic E-state index is -0.308. The zero-order chi connectivity index (χ0) is 21.8. The summed E-state index contributed by atoms with van der Waals surface area (Å²) in [5.74, 6) is 0.582. The minimum absolute atomic E-state index is 0.0170. The number of carbonyl (C=O) groups excluding carboxylic acids is 2. The van der Waals surface area contributed by atoms with Crippen LogP contribution in [0.2, 0.25) is 0 Å². The molecular formula is C22H27FN4O4. The van der Waals surface area contributed by atoms with Crippen molar-refractivity contribution < 1.29 is 23.2 Å². The van der Waals surface area contributed by atoms with Gasteiger partial charge >= 0.3 is 5.97 Å². The molecule has 1 amide bonds. The highest BCUT2D eigenvalue weighted by atomic mass is 19.1. The topological polar surface area (TPSA) is 88.8 Å². The second kappa shape index (κ2) is 9.55. The lowest BCUT2D eigenvalue weighted by Gasteiger charge is -2.36. The van der Waals surface area contributed by atoms with Gasteiger partial charge in [0.1, 0.15) is 5.82 Å². The maximum Gasteiger partial charge on any atom is 0.308 e. The van der Waals surface area contributed by atoms with Crippen LogP contribution in [-0.2, 0) is 20.9 Å². The molecule has 0 N–H and O–H groups in total. The van der Waals surface area contributed by atoms with E-state index < -0.39 is 0 Å². The van der Waals surface area contributed by atoms with Gasteiger partial charge in [-0.2, -0.15) is 4.98 Å². The van der Waals surface area contributed by atoms with E-state index in [0.717, 1.165) is 25.9 Å². The van der Waals surface area contributed by atoms with Gasteiger partial charge < -0.3 is 14.2 Å². The van der Waals surface area contributed by atoms with Gasteiger partial charge in [0, 0.05) is 24.6 Å². The fraction of sp³-hybridized carbons (Fsp3) is 0.545. The average Bonchev–Trinajstić information content (AvgIpc) is 3.27. The Morgan fingerprint density at radius 1 is 1.06 bits per heavy atom. The molecule has 8 nitrogen and oxygen atoms in total. The highest BCUT2D eigenvalue weighted by molar-refractivity contribution is 5.79. The summed E-state index contributed by atoms with van der Waals surface area (Å²) in [6.07, 6.45) is 2.92. The Labute approximate surface area is 180 Å². The number of amides is 1. The van der Waals surface area contributed by atoms with Crippen LogP contribution in [-0.4, -0.2) is 65.1 Å². The summed E-state index contributed by atoms with van der Waals surface area (Å²) in [5, 5.41) is 3.98. The lowest BCUT2D eigenvalue weighted by atomic mass is 9.92. The molecule has 2 aromatic rings. The number of esters is 1. The van der Waals surface area contributed by atoms with Crippen LogP contribution in [0, 0.1) is 17.7 Å². The van der Waals surface area contributed by atoms with E-state index >= 15 is 0 Å². The number of halogens is 1. The number of methoxy groups -OCH3 is 1. The van der Waals surface area contributed by atoms with Gasteiger partial charge in [0.2, 0.25) is 17.6 Å². The van der Waals surface area contributed by atoms with Crippen molar-refractivity contribution in [2.24, 2.45) is 11.8 Å².